The lowest BCUT2D eigenvalue weighted by Gasteiger charge is -2.18. The number of carbonyl (C=O) groups is 1. The van der Waals surface area contributed by atoms with Gasteiger partial charge in [0.15, 0.2) is 0 Å². The standard InChI is InChI=1S/C16H18N4O2S/c1-11-7-4-5-8-13(11)14-18-19-16(22-14)23-12(2)15(21)20(3)10-6-9-17/h4-5,7-8,12H,6,10H2,1-3H3/t12-/m1/s1. The Bertz CT molecular complexity index is 723. The van der Waals surface area contributed by atoms with Crippen molar-refractivity contribution < 1.29 is 9.21 Å². The van der Waals surface area contributed by atoms with E-state index >= 15 is 0 Å². The molecule has 0 aliphatic rings. The van der Waals surface area contributed by atoms with Gasteiger partial charge in [-0.1, -0.05) is 30.0 Å². The zero-order valence-electron chi connectivity index (χ0n) is 13.3. The second kappa shape index (κ2) is 7.79. The SMILES string of the molecule is Cc1ccccc1-c1nnc(S[C@H](C)C(=O)N(C)CCC#N)o1. The molecule has 23 heavy (non-hydrogen) atoms. The number of benzene rings is 1. The van der Waals surface area contributed by atoms with Crippen molar-refractivity contribution in [2.45, 2.75) is 30.7 Å². The first-order valence-corrected chi connectivity index (χ1v) is 8.09. The van der Waals surface area contributed by atoms with E-state index in [9.17, 15) is 4.79 Å². The van der Waals surface area contributed by atoms with E-state index in [1.807, 2.05) is 37.3 Å². The fraction of sp³-hybridized carbons (Fsp3) is 0.375. The molecule has 7 heteroatoms. The molecule has 0 unspecified atom stereocenters. The van der Waals surface area contributed by atoms with Gasteiger partial charge < -0.3 is 9.32 Å². The highest BCUT2D eigenvalue weighted by molar-refractivity contribution is 8.00. The molecule has 0 fully saturated rings. The van der Waals surface area contributed by atoms with Crippen molar-refractivity contribution in [2.75, 3.05) is 13.6 Å². The molecule has 120 valence electrons. The molecule has 0 saturated heterocycles. The summed E-state index contributed by atoms with van der Waals surface area (Å²) in [5.41, 5.74) is 1.94. The maximum atomic E-state index is 12.2. The van der Waals surface area contributed by atoms with Crippen molar-refractivity contribution in [1.82, 2.24) is 15.1 Å². The summed E-state index contributed by atoms with van der Waals surface area (Å²) >= 11 is 1.22. The van der Waals surface area contributed by atoms with Gasteiger partial charge in [-0.15, -0.1) is 10.2 Å². The average Bonchev–Trinajstić information content (AvgIpc) is 3.00. The lowest BCUT2D eigenvalue weighted by molar-refractivity contribution is -0.128. The maximum Gasteiger partial charge on any atom is 0.277 e. The predicted octanol–water partition coefficient (Wildman–Crippen LogP) is 2.90. The van der Waals surface area contributed by atoms with Crippen LogP contribution in [0.4, 0.5) is 0 Å². The van der Waals surface area contributed by atoms with Gasteiger partial charge in [-0.2, -0.15) is 5.26 Å². The largest absolute Gasteiger partial charge is 0.411 e. The van der Waals surface area contributed by atoms with Crippen molar-refractivity contribution in [3.8, 4) is 17.5 Å². The molecule has 0 aliphatic heterocycles. The zero-order chi connectivity index (χ0) is 16.8. The quantitative estimate of drug-likeness (QED) is 0.757. The van der Waals surface area contributed by atoms with Crippen LogP contribution in [-0.4, -0.2) is 39.8 Å². The molecule has 0 aliphatic carbocycles. The third kappa shape index (κ3) is 4.33. The minimum absolute atomic E-state index is 0.0686. The van der Waals surface area contributed by atoms with E-state index in [-0.39, 0.29) is 11.2 Å². The lowest BCUT2D eigenvalue weighted by Crippen LogP contribution is -2.33. The first-order chi connectivity index (χ1) is 11.0. The zero-order valence-corrected chi connectivity index (χ0v) is 14.1. The van der Waals surface area contributed by atoms with Gasteiger partial charge in [0.2, 0.25) is 11.8 Å². The summed E-state index contributed by atoms with van der Waals surface area (Å²) in [4.78, 5) is 13.7. The van der Waals surface area contributed by atoms with Crippen LogP contribution in [0.5, 0.6) is 0 Å². The number of hydrogen-bond acceptors (Lipinski definition) is 6. The molecule has 6 nitrogen and oxygen atoms in total. The molecule has 0 bridgehead atoms. The summed E-state index contributed by atoms with van der Waals surface area (Å²) in [5, 5.41) is 16.6. The Balaban J connectivity index is 2.03. The summed E-state index contributed by atoms with van der Waals surface area (Å²) < 4.78 is 5.65. The fourth-order valence-corrected chi connectivity index (χ4v) is 2.82. The minimum Gasteiger partial charge on any atom is -0.411 e. The maximum absolute atomic E-state index is 12.2. The molecule has 1 aromatic heterocycles. The number of thioether (sulfide) groups is 1. The highest BCUT2D eigenvalue weighted by atomic mass is 32.2. The summed E-state index contributed by atoms with van der Waals surface area (Å²) in [7, 11) is 1.68. The first kappa shape index (κ1) is 17.0. The Hall–Kier alpha value is -2.33. The van der Waals surface area contributed by atoms with Crippen LogP contribution in [0.2, 0.25) is 0 Å². The van der Waals surface area contributed by atoms with E-state index in [2.05, 4.69) is 10.2 Å². The second-order valence-corrected chi connectivity index (χ2v) is 6.41. The van der Waals surface area contributed by atoms with Gasteiger partial charge in [0.25, 0.3) is 5.22 Å². The second-order valence-electron chi connectivity index (χ2n) is 5.12. The third-order valence-electron chi connectivity index (χ3n) is 3.34. The van der Waals surface area contributed by atoms with Crippen molar-refractivity contribution >= 4 is 17.7 Å². The number of rotatable bonds is 6. The first-order valence-electron chi connectivity index (χ1n) is 7.21. The molecular weight excluding hydrogens is 312 g/mol. The molecule has 2 aromatic rings. The van der Waals surface area contributed by atoms with Gasteiger partial charge in [0, 0.05) is 19.2 Å². The Morgan fingerprint density at radius 1 is 1.43 bits per heavy atom. The molecule has 1 aromatic carbocycles. The van der Waals surface area contributed by atoms with Gasteiger partial charge in [0.05, 0.1) is 17.7 Å². The molecule has 1 heterocycles. The summed E-state index contributed by atoms with van der Waals surface area (Å²) in [6, 6.07) is 9.78. The van der Waals surface area contributed by atoms with Crippen LogP contribution in [0.15, 0.2) is 33.9 Å². The minimum atomic E-state index is -0.358. The molecule has 1 atom stereocenters. The van der Waals surface area contributed by atoms with Crippen molar-refractivity contribution in [3.63, 3.8) is 0 Å². The van der Waals surface area contributed by atoms with Crippen LogP contribution < -0.4 is 0 Å². The average molecular weight is 330 g/mol. The lowest BCUT2D eigenvalue weighted by atomic mass is 10.1. The third-order valence-corrected chi connectivity index (χ3v) is 4.26. The smallest absolute Gasteiger partial charge is 0.277 e. The van der Waals surface area contributed by atoms with Crippen molar-refractivity contribution in [3.05, 3.63) is 29.8 Å². The Morgan fingerprint density at radius 3 is 2.87 bits per heavy atom. The van der Waals surface area contributed by atoms with Crippen LogP contribution in [0, 0.1) is 18.3 Å². The van der Waals surface area contributed by atoms with Crippen LogP contribution in [0.1, 0.15) is 18.9 Å². The molecule has 0 spiro atoms. The van der Waals surface area contributed by atoms with Gasteiger partial charge in [0.1, 0.15) is 0 Å². The van der Waals surface area contributed by atoms with Gasteiger partial charge in [-0.25, -0.2) is 0 Å². The molecule has 0 saturated carbocycles. The van der Waals surface area contributed by atoms with Crippen molar-refractivity contribution in [2.24, 2.45) is 0 Å². The fourth-order valence-electron chi connectivity index (χ4n) is 2.02. The number of nitriles is 1. The van der Waals surface area contributed by atoms with E-state index in [4.69, 9.17) is 9.68 Å². The van der Waals surface area contributed by atoms with Crippen molar-refractivity contribution in [1.29, 1.82) is 5.26 Å². The summed E-state index contributed by atoms with van der Waals surface area (Å²) in [6.07, 6.45) is 0.317. The van der Waals surface area contributed by atoms with Gasteiger partial charge >= 0.3 is 0 Å². The monoisotopic (exact) mass is 330 g/mol. The molecule has 1 amide bonds. The number of aryl methyl sites for hydroxylation is 1. The van der Waals surface area contributed by atoms with E-state index in [0.717, 1.165) is 11.1 Å². The molecule has 0 N–H and O–H groups in total. The van der Waals surface area contributed by atoms with Crippen LogP contribution in [-0.2, 0) is 4.79 Å². The number of hydrogen-bond donors (Lipinski definition) is 0. The van der Waals surface area contributed by atoms with Crippen LogP contribution in [0.3, 0.4) is 0 Å². The Morgan fingerprint density at radius 2 is 2.17 bits per heavy atom. The Kier molecular flexibility index (Phi) is 5.77. The molecule has 2 rings (SSSR count). The number of amides is 1. The van der Waals surface area contributed by atoms with Crippen LogP contribution >= 0.6 is 11.8 Å². The van der Waals surface area contributed by atoms with Crippen LogP contribution in [0.25, 0.3) is 11.5 Å². The van der Waals surface area contributed by atoms with E-state index in [1.54, 1.807) is 18.9 Å². The highest BCUT2D eigenvalue weighted by Crippen LogP contribution is 2.28. The number of carbonyl (C=O) groups excluding carboxylic acids is 1. The van der Waals surface area contributed by atoms with Gasteiger partial charge in [-0.3, -0.25) is 4.79 Å². The highest BCUT2D eigenvalue weighted by Gasteiger charge is 2.21. The van der Waals surface area contributed by atoms with E-state index in [1.165, 1.54) is 11.8 Å². The Labute approximate surface area is 139 Å². The molecular formula is C16H18N4O2S. The predicted molar refractivity (Wildman–Crippen MR) is 87.7 cm³/mol. The topological polar surface area (TPSA) is 83.0 Å². The van der Waals surface area contributed by atoms with E-state index in [0.29, 0.717) is 24.1 Å². The van der Waals surface area contributed by atoms with E-state index < -0.39 is 0 Å². The normalized spacial score (nSPS) is 11.7. The summed E-state index contributed by atoms with van der Waals surface area (Å²) in [6.45, 7) is 4.18. The summed E-state index contributed by atoms with van der Waals surface area (Å²) in [5.74, 6) is 0.379. The number of aromatic nitrogens is 2. The molecule has 0 radical (unpaired) electrons. The number of nitrogens with zero attached hydrogens (tertiary/aromatic N) is 4. The van der Waals surface area contributed by atoms with Gasteiger partial charge in [-0.05, 0) is 25.5 Å².